The van der Waals surface area contributed by atoms with Crippen molar-refractivity contribution in [2.45, 2.75) is 29.5 Å². The van der Waals surface area contributed by atoms with E-state index < -0.39 is 10.0 Å². The zero-order chi connectivity index (χ0) is 17.7. The van der Waals surface area contributed by atoms with Crippen LogP contribution in [0.25, 0.3) is 0 Å². The van der Waals surface area contributed by atoms with Crippen LogP contribution in [-0.2, 0) is 21.2 Å². The lowest BCUT2D eigenvalue weighted by molar-refractivity contribution is -0.121. The Morgan fingerprint density at radius 1 is 1.24 bits per heavy atom. The molecule has 0 bridgehead atoms. The van der Waals surface area contributed by atoms with Crippen molar-refractivity contribution < 1.29 is 13.2 Å². The molecule has 2 aromatic rings. The SMILES string of the molecule is O=C(Cc1ccc(NS(=O)(=O)c2cccs2)cc1)N[C@H]1CCCNC1. The number of rotatable bonds is 6. The van der Waals surface area contributed by atoms with E-state index in [1.807, 2.05) is 0 Å². The summed E-state index contributed by atoms with van der Waals surface area (Å²) in [6.45, 7) is 1.82. The Bertz CT molecular complexity index is 796. The van der Waals surface area contributed by atoms with E-state index >= 15 is 0 Å². The maximum absolute atomic E-state index is 12.2. The highest BCUT2D eigenvalue weighted by atomic mass is 32.2. The molecule has 1 aromatic carbocycles. The van der Waals surface area contributed by atoms with E-state index in [1.165, 1.54) is 11.3 Å². The van der Waals surface area contributed by atoms with Crippen molar-refractivity contribution in [3.8, 4) is 0 Å². The number of hydrogen-bond donors (Lipinski definition) is 3. The van der Waals surface area contributed by atoms with E-state index in [2.05, 4.69) is 15.4 Å². The van der Waals surface area contributed by atoms with Crippen molar-refractivity contribution >= 4 is 33.0 Å². The van der Waals surface area contributed by atoms with Crippen LogP contribution in [0.4, 0.5) is 5.69 Å². The predicted molar refractivity (Wildman–Crippen MR) is 99.3 cm³/mol. The Hall–Kier alpha value is -1.90. The fourth-order valence-electron chi connectivity index (χ4n) is 2.75. The first-order chi connectivity index (χ1) is 12.0. The van der Waals surface area contributed by atoms with Gasteiger partial charge in [0.05, 0.1) is 6.42 Å². The third-order valence-corrected chi connectivity index (χ3v) is 6.77. The molecule has 3 N–H and O–H groups in total. The molecule has 0 aliphatic carbocycles. The maximum Gasteiger partial charge on any atom is 0.271 e. The number of anilines is 1. The number of nitrogens with one attached hydrogen (secondary N) is 3. The summed E-state index contributed by atoms with van der Waals surface area (Å²) in [5.41, 5.74) is 1.33. The molecule has 2 heterocycles. The molecule has 0 radical (unpaired) electrons. The molecule has 1 amide bonds. The molecule has 1 aromatic heterocycles. The minimum atomic E-state index is -3.54. The van der Waals surface area contributed by atoms with Crippen LogP contribution >= 0.6 is 11.3 Å². The summed E-state index contributed by atoms with van der Waals surface area (Å²) in [7, 11) is -3.54. The highest BCUT2D eigenvalue weighted by Crippen LogP contribution is 2.20. The number of piperidine rings is 1. The Morgan fingerprint density at radius 2 is 2.04 bits per heavy atom. The van der Waals surface area contributed by atoms with Crippen molar-refractivity contribution in [2.75, 3.05) is 17.8 Å². The minimum Gasteiger partial charge on any atom is -0.352 e. The first-order valence-corrected chi connectivity index (χ1v) is 10.5. The van der Waals surface area contributed by atoms with E-state index in [0.717, 1.165) is 31.5 Å². The van der Waals surface area contributed by atoms with Gasteiger partial charge in [0.1, 0.15) is 4.21 Å². The van der Waals surface area contributed by atoms with Gasteiger partial charge in [-0.15, -0.1) is 11.3 Å². The minimum absolute atomic E-state index is 0.0133. The zero-order valence-corrected chi connectivity index (χ0v) is 15.3. The van der Waals surface area contributed by atoms with E-state index in [1.54, 1.807) is 41.8 Å². The van der Waals surface area contributed by atoms with E-state index in [4.69, 9.17) is 0 Å². The lowest BCUT2D eigenvalue weighted by Crippen LogP contribution is -2.46. The molecule has 0 spiro atoms. The summed E-state index contributed by atoms with van der Waals surface area (Å²) in [5.74, 6) is -0.0133. The van der Waals surface area contributed by atoms with Gasteiger partial charge in [0.2, 0.25) is 5.91 Å². The van der Waals surface area contributed by atoms with Crippen LogP contribution in [0.5, 0.6) is 0 Å². The lowest BCUT2D eigenvalue weighted by Gasteiger charge is -2.23. The van der Waals surface area contributed by atoms with Gasteiger partial charge in [0.25, 0.3) is 10.0 Å². The van der Waals surface area contributed by atoms with Gasteiger partial charge in [-0.05, 0) is 48.5 Å². The van der Waals surface area contributed by atoms with Crippen LogP contribution in [0.2, 0.25) is 0 Å². The average molecular weight is 380 g/mol. The summed E-state index contributed by atoms with van der Waals surface area (Å²) in [4.78, 5) is 12.1. The van der Waals surface area contributed by atoms with Gasteiger partial charge < -0.3 is 10.6 Å². The molecule has 3 rings (SSSR count). The van der Waals surface area contributed by atoms with Crippen LogP contribution in [0.15, 0.2) is 46.0 Å². The second kappa shape index (κ2) is 7.99. The Balaban J connectivity index is 1.56. The van der Waals surface area contributed by atoms with Crippen molar-refractivity contribution in [3.05, 3.63) is 47.3 Å². The largest absolute Gasteiger partial charge is 0.352 e. The third kappa shape index (κ3) is 5.04. The lowest BCUT2D eigenvalue weighted by atomic mass is 10.1. The first kappa shape index (κ1) is 17.9. The summed E-state index contributed by atoms with van der Waals surface area (Å²) >= 11 is 1.17. The summed E-state index contributed by atoms with van der Waals surface area (Å²) in [6, 6.07) is 10.3. The topological polar surface area (TPSA) is 87.3 Å². The van der Waals surface area contributed by atoms with Crippen molar-refractivity contribution in [1.29, 1.82) is 0 Å². The monoisotopic (exact) mass is 379 g/mol. The van der Waals surface area contributed by atoms with Crippen molar-refractivity contribution in [2.24, 2.45) is 0 Å². The first-order valence-electron chi connectivity index (χ1n) is 8.18. The molecule has 25 heavy (non-hydrogen) atoms. The zero-order valence-electron chi connectivity index (χ0n) is 13.7. The Labute approximate surface area is 151 Å². The molecule has 1 aliphatic rings. The van der Waals surface area contributed by atoms with Gasteiger partial charge in [0.15, 0.2) is 0 Å². The summed E-state index contributed by atoms with van der Waals surface area (Å²) in [6.07, 6.45) is 2.36. The van der Waals surface area contributed by atoms with Crippen LogP contribution in [0, 0.1) is 0 Å². The standard InChI is InChI=1S/C17H21N3O3S2/c21-16(19-15-3-1-9-18-12-15)11-13-5-7-14(8-6-13)20-25(22,23)17-4-2-10-24-17/h2,4-8,10,15,18,20H,1,3,9,11-12H2,(H,19,21)/t15-/m0/s1. The highest BCUT2D eigenvalue weighted by Gasteiger charge is 2.16. The van der Waals surface area contributed by atoms with Crippen LogP contribution in [-0.4, -0.2) is 33.5 Å². The van der Waals surface area contributed by atoms with E-state index in [9.17, 15) is 13.2 Å². The Morgan fingerprint density at radius 3 is 2.68 bits per heavy atom. The second-order valence-electron chi connectivity index (χ2n) is 6.02. The fraction of sp³-hybridized carbons (Fsp3) is 0.353. The number of sulfonamides is 1. The number of carbonyl (C=O) groups excluding carboxylic acids is 1. The van der Waals surface area contributed by atoms with Crippen molar-refractivity contribution in [3.63, 3.8) is 0 Å². The maximum atomic E-state index is 12.2. The van der Waals surface area contributed by atoms with Gasteiger partial charge in [0, 0.05) is 18.3 Å². The van der Waals surface area contributed by atoms with Gasteiger partial charge in [-0.1, -0.05) is 18.2 Å². The number of carbonyl (C=O) groups is 1. The van der Waals surface area contributed by atoms with Crippen LogP contribution in [0.1, 0.15) is 18.4 Å². The molecule has 1 aliphatic heterocycles. The normalized spacial score (nSPS) is 17.8. The van der Waals surface area contributed by atoms with Crippen LogP contribution in [0.3, 0.4) is 0 Å². The van der Waals surface area contributed by atoms with Gasteiger partial charge in [-0.2, -0.15) is 0 Å². The molecule has 8 heteroatoms. The molecule has 0 saturated carbocycles. The molecule has 1 saturated heterocycles. The number of amides is 1. The molecule has 0 unspecified atom stereocenters. The molecule has 6 nitrogen and oxygen atoms in total. The van der Waals surface area contributed by atoms with E-state index in [0.29, 0.717) is 5.69 Å². The average Bonchev–Trinajstić information content (AvgIpc) is 3.13. The van der Waals surface area contributed by atoms with Gasteiger partial charge in [-0.25, -0.2) is 8.42 Å². The van der Waals surface area contributed by atoms with E-state index in [-0.39, 0.29) is 22.6 Å². The number of benzene rings is 1. The summed E-state index contributed by atoms with van der Waals surface area (Å²) < 4.78 is 27.2. The van der Waals surface area contributed by atoms with Gasteiger partial charge in [-0.3, -0.25) is 9.52 Å². The number of hydrogen-bond acceptors (Lipinski definition) is 5. The Kier molecular flexibility index (Phi) is 5.72. The third-order valence-electron chi connectivity index (χ3n) is 3.99. The molecule has 1 atom stereocenters. The fourth-order valence-corrected chi connectivity index (χ4v) is 4.80. The highest BCUT2D eigenvalue weighted by molar-refractivity contribution is 7.94. The molecule has 134 valence electrons. The molecule has 1 fully saturated rings. The quantitative estimate of drug-likeness (QED) is 0.716. The van der Waals surface area contributed by atoms with Crippen molar-refractivity contribution in [1.82, 2.24) is 10.6 Å². The van der Waals surface area contributed by atoms with Gasteiger partial charge >= 0.3 is 0 Å². The number of thiophene rings is 1. The summed E-state index contributed by atoms with van der Waals surface area (Å²) in [5, 5.41) is 8.01. The smallest absolute Gasteiger partial charge is 0.271 e. The predicted octanol–water partition coefficient (Wildman–Crippen LogP) is 1.96. The molecular formula is C17H21N3O3S2. The second-order valence-corrected chi connectivity index (χ2v) is 8.88. The van der Waals surface area contributed by atoms with Crippen LogP contribution < -0.4 is 15.4 Å². The molecular weight excluding hydrogens is 358 g/mol.